The van der Waals surface area contributed by atoms with Crippen molar-refractivity contribution in [1.29, 1.82) is 0 Å². The van der Waals surface area contributed by atoms with Crippen molar-refractivity contribution >= 4 is 11.9 Å². The Hall–Kier alpha value is -1.04. The van der Waals surface area contributed by atoms with E-state index in [0.29, 0.717) is 12.3 Å². The molecule has 1 unspecified atom stereocenters. The van der Waals surface area contributed by atoms with E-state index < -0.39 is 12.0 Å². The van der Waals surface area contributed by atoms with Crippen LogP contribution in [0.1, 0.15) is 27.2 Å². The molecule has 0 aromatic rings. The first-order valence-electron chi connectivity index (χ1n) is 5.65. The van der Waals surface area contributed by atoms with Gasteiger partial charge < -0.3 is 11.2 Å². The minimum absolute atomic E-state index is 0.224. The lowest BCUT2D eigenvalue weighted by Crippen LogP contribution is -2.46. The Kier molecular flexibility index (Phi) is 4.19. The molecule has 0 radical (unpaired) electrons. The van der Waals surface area contributed by atoms with Crippen molar-refractivity contribution in [2.24, 2.45) is 21.4 Å². The molecule has 1 aliphatic heterocycles. The fourth-order valence-electron chi connectivity index (χ4n) is 1.61. The lowest BCUT2D eigenvalue weighted by Gasteiger charge is -2.27. The molecule has 3 N–H and O–H groups in total. The molecule has 4 nitrogen and oxygen atoms in total. The first-order valence-corrected chi connectivity index (χ1v) is 5.65. The van der Waals surface area contributed by atoms with Crippen LogP contribution in [0.5, 0.6) is 0 Å². The van der Waals surface area contributed by atoms with Crippen LogP contribution in [0.4, 0.5) is 8.78 Å². The van der Waals surface area contributed by atoms with Gasteiger partial charge in [-0.1, -0.05) is 20.8 Å². The van der Waals surface area contributed by atoms with Crippen molar-refractivity contribution in [1.82, 2.24) is 5.32 Å². The van der Waals surface area contributed by atoms with Crippen molar-refractivity contribution in [3.8, 4) is 0 Å². The van der Waals surface area contributed by atoms with Crippen LogP contribution in [0.3, 0.4) is 0 Å². The van der Waals surface area contributed by atoms with Crippen molar-refractivity contribution in [2.45, 2.75) is 39.2 Å². The summed E-state index contributed by atoms with van der Waals surface area (Å²) >= 11 is 0. The summed E-state index contributed by atoms with van der Waals surface area (Å²) in [5, 5.41) is 6.31. The first kappa shape index (κ1) is 14.0. The van der Waals surface area contributed by atoms with Gasteiger partial charge in [-0.2, -0.15) is 5.10 Å². The molecule has 1 aliphatic rings. The summed E-state index contributed by atoms with van der Waals surface area (Å²) in [6.45, 7) is 6.03. The maximum atomic E-state index is 13.1. The number of nitrogens with one attached hydrogen (secondary N) is 1. The molecular formula is C11H20F2N4. The maximum absolute atomic E-state index is 13.1. The quantitative estimate of drug-likeness (QED) is 0.439. The van der Waals surface area contributed by atoms with Crippen LogP contribution in [-0.2, 0) is 0 Å². The Morgan fingerprint density at radius 3 is 2.59 bits per heavy atom. The van der Waals surface area contributed by atoms with E-state index >= 15 is 0 Å². The minimum Gasteiger partial charge on any atom is -0.323 e. The summed E-state index contributed by atoms with van der Waals surface area (Å²) in [5.41, 5.74) is 0.370. The molecule has 17 heavy (non-hydrogen) atoms. The van der Waals surface area contributed by atoms with E-state index in [1.165, 1.54) is 6.21 Å². The summed E-state index contributed by atoms with van der Waals surface area (Å²) < 4.78 is 26.2. The average Bonchev–Trinajstić information content (AvgIpc) is 2.15. The molecule has 0 saturated carbocycles. The van der Waals surface area contributed by atoms with Crippen molar-refractivity contribution in [2.75, 3.05) is 13.1 Å². The fraction of sp³-hybridized carbons (Fsp3) is 0.818. The predicted molar refractivity (Wildman–Crippen MR) is 65.8 cm³/mol. The second-order valence-electron chi connectivity index (χ2n) is 5.39. The summed E-state index contributed by atoms with van der Waals surface area (Å²) in [6, 6.07) is -0.419. The molecule has 1 heterocycles. The normalized spacial score (nSPS) is 26.4. The third kappa shape index (κ3) is 4.38. The number of rotatable bonds is 2. The molecule has 0 aliphatic carbocycles. The van der Waals surface area contributed by atoms with Gasteiger partial charge >= 0.3 is 0 Å². The van der Waals surface area contributed by atoms with E-state index in [1.54, 1.807) is 0 Å². The highest BCUT2D eigenvalue weighted by atomic mass is 19.3. The third-order valence-corrected chi connectivity index (χ3v) is 2.61. The Balaban J connectivity index is 2.65. The molecular weight excluding hydrogens is 226 g/mol. The molecule has 0 amide bonds. The lowest BCUT2D eigenvalue weighted by molar-refractivity contribution is -0.0262. The van der Waals surface area contributed by atoms with Gasteiger partial charge in [0.2, 0.25) is 0 Å². The van der Waals surface area contributed by atoms with Gasteiger partial charge in [0.15, 0.2) is 0 Å². The van der Waals surface area contributed by atoms with Gasteiger partial charge in [-0.05, 0) is 0 Å². The number of piperidine rings is 1. The molecule has 1 rings (SSSR count). The van der Waals surface area contributed by atoms with Crippen molar-refractivity contribution in [3.63, 3.8) is 0 Å². The molecule has 98 valence electrons. The topological polar surface area (TPSA) is 62.8 Å². The van der Waals surface area contributed by atoms with E-state index in [0.717, 1.165) is 0 Å². The van der Waals surface area contributed by atoms with Gasteiger partial charge in [-0.15, -0.1) is 0 Å². The molecule has 1 fully saturated rings. The average molecular weight is 246 g/mol. The summed E-state index contributed by atoms with van der Waals surface area (Å²) in [6.07, 6.45) is 1.28. The SMILES string of the molecule is CC(C)(C)C(C=NC1CNCC(F)(F)C1)=NN. The standard InChI is InChI=1S/C11H20F2N4/c1-10(2,3)9(17-14)6-16-8-4-11(12,13)7-15-5-8/h6,8,15H,4-5,7,14H2,1-3H3. The second-order valence-corrected chi connectivity index (χ2v) is 5.39. The number of hydrogen-bond donors (Lipinski definition) is 2. The van der Waals surface area contributed by atoms with E-state index in [-0.39, 0.29) is 18.4 Å². The largest absolute Gasteiger partial charge is 0.323 e. The van der Waals surface area contributed by atoms with Crippen LogP contribution in [0.25, 0.3) is 0 Å². The number of nitrogens with zero attached hydrogens (tertiary/aromatic N) is 2. The van der Waals surface area contributed by atoms with Crippen LogP contribution in [0, 0.1) is 5.41 Å². The zero-order chi connectivity index (χ0) is 13.1. The zero-order valence-corrected chi connectivity index (χ0v) is 10.5. The lowest BCUT2D eigenvalue weighted by atomic mass is 9.90. The van der Waals surface area contributed by atoms with E-state index in [1.807, 2.05) is 20.8 Å². The highest BCUT2D eigenvalue weighted by Crippen LogP contribution is 2.24. The molecule has 0 spiro atoms. The zero-order valence-electron chi connectivity index (χ0n) is 10.5. The molecule has 1 saturated heterocycles. The predicted octanol–water partition coefficient (Wildman–Crippen LogP) is 1.42. The van der Waals surface area contributed by atoms with Gasteiger partial charge in [0, 0.05) is 24.6 Å². The smallest absolute Gasteiger partial charge is 0.262 e. The Bertz CT molecular complexity index is 318. The third-order valence-electron chi connectivity index (χ3n) is 2.61. The summed E-state index contributed by atoms with van der Waals surface area (Å²) in [7, 11) is 0. The van der Waals surface area contributed by atoms with Crippen LogP contribution < -0.4 is 11.2 Å². The number of aliphatic imine (C=N–C) groups is 1. The van der Waals surface area contributed by atoms with Gasteiger partial charge in [0.1, 0.15) is 0 Å². The summed E-state index contributed by atoms with van der Waals surface area (Å²) in [5.74, 6) is 2.58. The highest BCUT2D eigenvalue weighted by molar-refractivity contribution is 6.32. The highest BCUT2D eigenvalue weighted by Gasteiger charge is 2.36. The van der Waals surface area contributed by atoms with Crippen LogP contribution >= 0.6 is 0 Å². The molecule has 0 aromatic carbocycles. The van der Waals surface area contributed by atoms with Crippen molar-refractivity contribution in [3.05, 3.63) is 0 Å². The van der Waals surface area contributed by atoms with Crippen LogP contribution in [0.15, 0.2) is 10.1 Å². The molecule has 0 aromatic heterocycles. The molecule has 6 heteroatoms. The first-order chi connectivity index (χ1) is 7.74. The fourth-order valence-corrected chi connectivity index (χ4v) is 1.61. The second kappa shape index (κ2) is 5.08. The van der Waals surface area contributed by atoms with Gasteiger partial charge in [-0.25, -0.2) is 8.78 Å². The van der Waals surface area contributed by atoms with Crippen LogP contribution in [0.2, 0.25) is 0 Å². The Labute approximate surface area is 100 Å². The maximum Gasteiger partial charge on any atom is 0.262 e. The molecule has 0 bridgehead atoms. The monoisotopic (exact) mass is 246 g/mol. The number of halogens is 2. The van der Waals surface area contributed by atoms with Gasteiger partial charge in [-0.3, -0.25) is 4.99 Å². The van der Waals surface area contributed by atoms with Gasteiger partial charge in [0.25, 0.3) is 5.92 Å². The van der Waals surface area contributed by atoms with Crippen molar-refractivity contribution < 1.29 is 8.78 Å². The number of hydrazone groups is 1. The number of alkyl halides is 2. The number of nitrogens with two attached hydrogens (primary N) is 1. The summed E-state index contributed by atoms with van der Waals surface area (Å²) in [4.78, 5) is 4.14. The van der Waals surface area contributed by atoms with Crippen LogP contribution in [-0.4, -0.2) is 37.0 Å². The minimum atomic E-state index is -2.68. The van der Waals surface area contributed by atoms with Gasteiger partial charge in [0.05, 0.1) is 18.3 Å². The van der Waals surface area contributed by atoms with E-state index in [2.05, 4.69) is 15.4 Å². The van der Waals surface area contributed by atoms with E-state index in [9.17, 15) is 8.78 Å². The Morgan fingerprint density at radius 2 is 2.12 bits per heavy atom. The molecule has 1 atom stereocenters. The van der Waals surface area contributed by atoms with E-state index in [4.69, 9.17) is 5.84 Å². The Morgan fingerprint density at radius 1 is 1.47 bits per heavy atom. The number of hydrogen-bond acceptors (Lipinski definition) is 4.